The van der Waals surface area contributed by atoms with E-state index in [1.807, 2.05) is 32.0 Å². The first-order chi connectivity index (χ1) is 10.7. The number of benzene rings is 1. The van der Waals surface area contributed by atoms with Crippen molar-refractivity contribution in [1.29, 1.82) is 0 Å². The molecule has 0 unspecified atom stereocenters. The molecule has 1 aromatic rings. The average Bonchev–Trinajstić information content (AvgIpc) is 2.43. The van der Waals surface area contributed by atoms with Crippen LogP contribution in [0.1, 0.15) is 31.9 Å². The van der Waals surface area contributed by atoms with Crippen molar-refractivity contribution in [1.82, 2.24) is 10.6 Å². The maximum Gasteiger partial charge on any atom is 0.407 e. The second kappa shape index (κ2) is 8.41. The van der Waals surface area contributed by atoms with Gasteiger partial charge in [-0.05, 0) is 57.9 Å². The number of alkyl carbamates (subject to hydrolysis) is 1. The zero-order valence-electron chi connectivity index (χ0n) is 14.5. The fourth-order valence-corrected chi connectivity index (χ4v) is 1.68. The zero-order chi connectivity index (χ0) is 17.5. The van der Waals surface area contributed by atoms with Crippen LogP contribution in [0.3, 0.4) is 0 Å². The highest BCUT2D eigenvalue weighted by Gasteiger charge is 2.15. The van der Waals surface area contributed by atoms with Crippen molar-refractivity contribution in [2.45, 2.75) is 40.2 Å². The number of amides is 2. The van der Waals surface area contributed by atoms with E-state index in [0.29, 0.717) is 18.8 Å². The smallest absolute Gasteiger partial charge is 0.407 e. The first-order valence-electron chi connectivity index (χ1n) is 7.61. The summed E-state index contributed by atoms with van der Waals surface area (Å²) in [5, 5.41) is 5.23. The third kappa shape index (κ3) is 8.09. The number of hydrogen-bond donors (Lipinski definition) is 2. The highest BCUT2D eigenvalue weighted by molar-refractivity contribution is 5.77. The minimum Gasteiger partial charge on any atom is -0.484 e. The van der Waals surface area contributed by atoms with E-state index >= 15 is 0 Å². The summed E-state index contributed by atoms with van der Waals surface area (Å²) in [6.45, 7) is 9.93. The topological polar surface area (TPSA) is 76.7 Å². The molecule has 2 N–H and O–H groups in total. The molecule has 23 heavy (non-hydrogen) atoms. The van der Waals surface area contributed by atoms with E-state index in [-0.39, 0.29) is 12.5 Å². The van der Waals surface area contributed by atoms with Gasteiger partial charge in [-0.3, -0.25) is 4.79 Å². The van der Waals surface area contributed by atoms with Crippen molar-refractivity contribution in [3.8, 4) is 5.75 Å². The largest absolute Gasteiger partial charge is 0.484 e. The Morgan fingerprint density at radius 1 is 1.04 bits per heavy atom. The molecule has 0 aliphatic heterocycles. The molecule has 0 spiro atoms. The number of nitrogens with one attached hydrogen (secondary N) is 2. The van der Waals surface area contributed by atoms with Gasteiger partial charge in [0.25, 0.3) is 5.91 Å². The maximum atomic E-state index is 11.7. The molecule has 1 aromatic carbocycles. The van der Waals surface area contributed by atoms with Crippen LogP contribution in [-0.4, -0.2) is 37.3 Å². The lowest BCUT2D eigenvalue weighted by Crippen LogP contribution is -2.39. The van der Waals surface area contributed by atoms with Gasteiger partial charge in [-0.2, -0.15) is 0 Å². The third-order valence-corrected chi connectivity index (χ3v) is 2.96. The summed E-state index contributed by atoms with van der Waals surface area (Å²) in [6, 6.07) is 5.68. The number of ether oxygens (including phenoxy) is 2. The first-order valence-corrected chi connectivity index (χ1v) is 7.61. The van der Waals surface area contributed by atoms with Crippen molar-refractivity contribution in [2.24, 2.45) is 0 Å². The van der Waals surface area contributed by atoms with E-state index < -0.39 is 11.7 Å². The Hall–Kier alpha value is -2.24. The maximum absolute atomic E-state index is 11.7. The molecule has 0 radical (unpaired) electrons. The van der Waals surface area contributed by atoms with Crippen LogP contribution in [0.15, 0.2) is 18.2 Å². The van der Waals surface area contributed by atoms with Gasteiger partial charge in [0.15, 0.2) is 6.61 Å². The summed E-state index contributed by atoms with van der Waals surface area (Å²) in [5.74, 6) is 0.421. The van der Waals surface area contributed by atoms with Gasteiger partial charge in [0.05, 0.1) is 0 Å². The van der Waals surface area contributed by atoms with Crippen molar-refractivity contribution >= 4 is 12.0 Å². The molecule has 6 heteroatoms. The highest BCUT2D eigenvalue weighted by Crippen LogP contribution is 2.16. The molecule has 128 valence electrons. The molecule has 0 fully saturated rings. The number of rotatable bonds is 6. The van der Waals surface area contributed by atoms with Gasteiger partial charge in [-0.1, -0.05) is 6.07 Å². The number of carbonyl (C=O) groups is 2. The number of carbonyl (C=O) groups excluding carboxylic acids is 2. The van der Waals surface area contributed by atoms with Crippen LogP contribution < -0.4 is 15.4 Å². The Labute approximate surface area is 137 Å². The highest BCUT2D eigenvalue weighted by atomic mass is 16.6. The van der Waals surface area contributed by atoms with E-state index in [2.05, 4.69) is 10.6 Å². The monoisotopic (exact) mass is 322 g/mol. The van der Waals surface area contributed by atoms with Gasteiger partial charge in [-0.15, -0.1) is 0 Å². The fraction of sp³-hybridized carbons (Fsp3) is 0.529. The summed E-state index contributed by atoms with van der Waals surface area (Å²) in [4.78, 5) is 23.1. The molecule has 0 atom stereocenters. The molecular formula is C17H26N2O4. The second-order valence-corrected chi connectivity index (χ2v) is 6.31. The molecule has 0 aliphatic rings. The standard InChI is InChI=1S/C17H26N2O4/c1-12-6-7-14(10-13(12)2)22-11-15(20)18-8-9-19-16(21)23-17(3,4)5/h6-7,10H,8-9,11H2,1-5H3,(H,18,20)(H,19,21). The summed E-state index contributed by atoms with van der Waals surface area (Å²) in [7, 11) is 0. The molecule has 0 saturated heterocycles. The summed E-state index contributed by atoms with van der Waals surface area (Å²) >= 11 is 0. The lowest BCUT2D eigenvalue weighted by molar-refractivity contribution is -0.123. The van der Waals surface area contributed by atoms with Gasteiger partial charge in [-0.25, -0.2) is 4.79 Å². The molecule has 0 saturated carbocycles. The lowest BCUT2D eigenvalue weighted by Gasteiger charge is -2.19. The predicted octanol–water partition coefficient (Wildman–Crippen LogP) is 2.32. The summed E-state index contributed by atoms with van der Waals surface area (Å²) in [6.07, 6.45) is -0.502. The van der Waals surface area contributed by atoms with Crippen molar-refractivity contribution < 1.29 is 19.1 Å². The SMILES string of the molecule is Cc1ccc(OCC(=O)NCCNC(=O)OC(C)(C)C)cc1C. The molecule has 2 amide bonds. The van der Waals surface area contributed by atoms with Gasteiger partial charge in [0, 0.05) is 13.1 Å². The molecule has 1 rings (SSSR count). The fourth-order valence-electron chi connectivity index (χ4n) is 1.68. The number of aryl methyl sites for hydroxylation is 2. The van der Waals surface area contributed by atoms with Crippen molar-refractivity contribution in [2.75, 3.05) is 19.7 Å². The van der Waals surface area contributed by atoms with Crippen molar-refractivity contribution in [3.63, 3.8) is 0 Å². The molecule has 0 heterocycles. The average molecular weight is 322 g/mol. The molecule has 6 nitrogen and oxygen atoms in total. The van der Waals surface area contributed by atoms with Crippen LogP contribution in [0.2, 0.25) is 0 Å². The molecule has 0 aliphatic carbocycles. The van der Waals surface area contributed by atoms with Gasteiger partial charge >= 0.3 is 6.09 Å². The normalized spacial score (nSPS) is 10.8. The van der Waals surface area contributed by atoms with E-state index in [1.54, 1.807) is 20.8 Å². The summed E-state index contributed by atoms with van der Waals surface area (Å²) < 4.78 is 10.5. The van der Waals surface area contributed by atoms with Crippen LogP contribution in [0.4, 0.5) is 4.79 Å². The zero-order valence-corrected chi connectivity index (χ0v) is 14.5. The Balaban J connectivity index is 2.19. The minimum absolute atomic E-state index is 0.0606. The van der Waals surface area contributed by atoms with Crippen molar-refractivity contribution in [3.05, 3.63) is 29.3 Å². The number of hydrogen-bond acceptors (Lipinski definition) is 4. The van der Waals surface area contributed by atoms with E-state index in [4.69, 9.17) is 9.47 Å². The Morgan fingerprint density at radius 3 is 2.30 bits per heavy atom. The van der Waals surface area contributed by atoms with E-state index in [9.17, 15) is 9.59 Å². The first kappa shape index (κ1) is 18.8. The lowest BCUT2D eigenvalue weighted by atomic mass is 10.1. The second-order valence-electron chi connectivity index (χ2n) is 6.31. The van der Waals surface area contributed by atoms with Crippen LogP contribution in [0.25, 0.3) is 0 Å². The van der Waals surface area contributed by atoms with Crippen LogP contribution in [0.5, 0.6) is 5.75 Å². The predicted molar refractivity (Wildman–Crippen MR) is 88.7 cm³/mol. The molecular weight excluding hydrogens is 296 g/mol. The Kier molecular flexibility index (Phi) is 6.88. The van der Waals surface area contributed by atoms with Gasteiger partial charge in [0.1, 0.15) is 11.4 Å². The van der Waals surface area contributed by atoms with E-state index in [0.717, 1.165) is 5.56 Å². The Bertz CT molecular complexity index is 550. The van der Waals surface area contributed by atoms with Gasteiger partial charge in [0.2, 0.25) is 0 Å². The molecule has 0 aromatic heterocycles. The minimum atomic E-state index is -0.534. The van der Waals surface area contributed by atoms with E-state index in [1.165, 1.54) is 5.56 Å². The third-order valence-electron chi connectivity index (χ3n) is 2.96. The van der Waals surface area contributed by atoms with Crippen LogP contribution in [0, 0.1) is 13.8 Å². The van der Waals surface area contributed by atoms with Crippen LogP contribution in [-0.2, 0) is 9.53 Å². The Morgan fingerprint density at radius 2 is 1.70 bits per heavy atom. The summed E-state index contributed by atoms with van der Waals surface area (Å²) in [5.41, 5.74) is 1.76. The van der Waals surface area contributed by atoms with Crippen LogP contribution >= 0.6 is 0 Å². The van der Waals surface area contributed by atoms with Gasteiger partial charge < -0.3 is 20.1 Å². The molecule has 0 bridgehead atoms. The quantitative estimate of drug-likeness (QED) is 0.788.